The molecule has 0 saturated carbocycles. The van der Waals surface area contributed by atoms with Crippen LogP contribution in [-0.4, -0.2) is 32.5 Å². The first-order valence-electron chi connectivity index (χ1n) is 10.2. The molecule has 7 nitrogen and oxygen atoms in total. The number of hydrogen-bond donors (Lipinski definition) is 1. The molecule has 8 heteroatoms. The number of hydrazone groups is 1. The van der Waals surface area contributed by atoms with E-state index in [-0.39, 0.29) is 12.3 Å². The Kier molecular flexibility index (Phi) is 5.01. The van der Waals surface area contributed by atoms with Gasteiger partial charge in [-0.15, -0.1) is 0 Å². The Labute approximate surface area is 187 Å². The molecule has 0 fully saturated rings. The zero-order chi connectivity index (χ0) is 22.3. The third-order valence-electron chi connectivity index (χ3n) is 5.60. The van der Waals surface area contributed by atoms with Crippen LogP contribution < -0.4 is 14.2 Å². The fourth-order valence-electron chi connectivity index (χ4n) is 4.17. The lowest BCUT2D eigenvalue weighted by Gasteiger charge is -2.38. The van der Waals surface area contributed by atoms with Crippen molar-refractivity contribution >= 4 is 21.4 Å². The van der Waals surface area contributed by atoms with E-state index in [1.54, 1.807) is 13.2 Å². The highest BCUT2D eigenvalue weighted by Gasteiger charge is 2.40. The molecule has 0 spiro atoms. The summed E-state index contributed by atoms with van der Waals surface area (Å²) >= 11 is 0. The topological polar surface area (TPSA) is 80.2 Å². The molecule has 0 aliphatic carbocycles. The van der Waals surface area contributed by atoms with E-state index in [0.29, 0.717) is 12.1 Å². The van der Waals surface area contributed by atoms with E-state index in [2.05, 4.69) is 10.8 Å². The van der Waals surface area contributed by atoms with E-state index < -0.39 is 10.0 Å². The van der Waals surface area contributed by atoms with Crippen molar-refractivity contribution < 1.29 is 17.9 Å². The van der Waals surface area contributed by atoms with Crippen molar-refractivity contribution in [1.29, 1.82) is 0 Å². The van der Waals surface area contributed by atoms with Crippen LogP contribution in [0.15, 0.2) is 77.9 Å². The predicted octanol–water partition coefficient (Wildman–Crippen LogP) is 4.31. The van der Waals surface area contributed by atoms with Gasteiger partial charge in [0.15, 0.2) is 0 Å². The molecule has 0 bridgehead atoms. The number of ether oxygens (including phenoxy) is 2. The fourth-order valence-corrected chi connectivity index (χ4v) is 4.73. The van der Waals surface area contributed by atoms with Gasteiger partial charge in [-0.2, -0.15) is 5.10 Å². The van der Waals surface area contributed by atoms with Crippen molar-refractivity contribution in [3.8, 4) is 11.5 Å². The van der Waals surface area contributed by atoms with Crippen molar-refractivity contribution in [2.24, 2.45) is 5.10 Å². The number of rotatable bonds is 5. The van der Waals surface area contributed by atoms with Gasteiger partial charge in [0.05, 0.1) is 25.1 Å². The van der Waals surface area contributed by atoms with Gasteiger partial charge in [0.1, 0.15) is 11.5 Å². The van der Waals surface area contributed by atoms with Crippen LogP contribution in [0.5, 0.6) is 11.5 Å². The predicted molar refractivity (Wildman–Crippen MR) is 123 cm³/mol. The van der Waals surface area contributed by atoms with Crippen LogP contribution in [0.25, 0.3) is 0 Å². The van der Waals surface area contributed by atoms with Gasteiger partial charge < -0.3 is 9.47 Å². The average molecular weight is 450 g/mol. The highest BCUT2D eigenvalue weighted by atomic mass is 32.2. The summed E-state index contributed by atoms with van der Waals surface area (Å²) in [5.41, 5.74) is 4.33. The highest BCUT2D eigenvalue weighted by Crippen LogP contribution is 2.47. The third-order valence-corrected chi connectivity index (χ3v) is 6.21. The van der Waals surface area contributed by atoms with Gasteiger partial charge in [-0.3, -0.25) is 4.72 Å². The van der Waals surface area contributed by atoms with E-state index in [9.17, 15) is 8.42 Å². The lowest BCUT2D eigenvalue weighted by atomic mass is 9.96. The number of nitrogens with zero attached hydrogens (tertiary/aromatic N) is 2. The van der Waals surface area contributed by atoms with Crippen LogP contribution in [0.3, 0.4) is 0 Å². The summed E-state index contributed by atoms with van der Waals surface area (Å²) in [4.78, 5) is 0. The molecule has 2 heterocycles. The molecular weight excluding hydrogens is 426 g/mol. The van der Waals surface area contributed by atoms with Gasteiger partial charge in [-0.25, -0.2) is 13.4 Å². The molecule has 2 aliphatic heterocycles. The molecule has 0 aromatic heterocycles. The second-order valence-corrected chi connectivity index (χ2v) is 9.63. The van der Waals surface area contributed by atoms with Crippen molar-refractivity contribution in [3.63, 3.8) is 0 Å². The molecule has 32 heavy (non-hydrogen) atoms. The fraction of sp³-hybridized carbons (Fsp3) is 0.208. The summed E-state index contributed by atoms with van der Waals surface area (Å²) < 4.78 is 37.5. The molecular formula is C24H23N3O4S. The van der Waals surface area contributed by atoms with Crippen LogP contribution in [0.2, 0.25) is 0 Å². The zero-order valence-corrected chi connectivity index (χ0v) is 18.5. The molecule has 3 aromatic rings. The molecule has 0 saturated heterocycles. The van der Waals surface area contributed by atoms with Crippen molar-refractivity contribution in [2.45, 2.75) is 18.7 Å². The maximum Gasteiger partial charge on any atom is 0.229 e. The molecule has 5 rings (SSSR count). The normalized spacial score (nSPS) is 19.4. The molecule has 1 N–H and O–H groups in total. The third kappa shape index (κ3) is 3.89. The second-order valence-electron chi connectivity index (χ2n) is 7.88. The van der Waals surface area contributed by atoms with Crippen LogP contribution >= 0.6 is 0 Å². The minimum atomic E-state index is -3.36. The monoisotopic (exact) mass is 449 g/mol. The Morgan fingerprint density at radius 3 is 2.59 bits per heavy atom. The summed E-state index contributed by atoms with van der Waals surface area (Å²) in [6.45, 7) is 0. The average Bonchev–Trinajstić information content (AvgIpc) is 3.24. The van der Waals surface area contributed by atoms with E-state index in [1.807, 2.05) is 65.7 Å². The Hall–Kier alpha value is -3.52. The standard InChI is InChI=1S/C24H23N3O4S/c1-30-19-12-10-16(11-13-19)24-27-22(20-8-3-4-9-23(20)31-24)15-21(25-27)17-6-5-7-18(14-17)26-32(2,28)29/h3-14,22,24,26H,15H2,1-2H3. The molecule has 164 valence electrons. The zero-order valence-electron chi connectivity index (χ0n) is 17.7. The summed E-state index contributed by atoms with van der Waals surface area (Å²) in [5, 5.41) is 6.93. The SMILES string of the molecule is COc1ccc(C2Oc3ccccc3C3CC(c4cccc(NS(C)(=O)=O)c4)=NN32)cc1. The Balaban J connectivity index is 1.53. The van der Waals surface area contributed by atoms with Crippen LogP contribution in [0.1, 0.15) is 35.4 Å². The summed E-state index contributed by atoms with van der Waals surface area (Å²) in [5.74, 6) is 1.63. The number of nitrogens with one attached hydrogen (secondary N) is 1. The maximum absolute atomic E-state index is 11.6. The minimum absolute atomic E-state index is 0.0218. The van der Waals surface area contributed by atoms with Crippen LogP contribution in [-0.2, 0) is 10.0 Å². The number of para-hydroxylation sites is 1. The largest absolute Gasteiger partial charge is 0.497 e. The second kappa shape index (κ2) is 7.87. The Morgan fingerprint density at radius 1 is 1.06 bits per heavy atom. The van der Waals surface area contributed by atoms with Gasteiger partial charge >= 0.3 is 0 Å². The number of anilines is 1. The number of hydrogen-bond acceptors (Lipinski definition) is 6. The number of benzene rings is 3. The summed E-state index contributed by atoms with van der Waals surface area (Å²) in [7, 11) is -1.72. The molecule has 0 radical (unpaired) electrons. The molecule has 2 aliphatic rings. The lowest BCUT2D eigenvalue weighted by molar-refractivity contribution is -0.0190. The van der Waals surface area contributed by atoms with E-state index in [0.717, 1.165) is 40.2 Å². The number of sulfonamides is 1. The quantitative estimate of drug-likeness (QED) is 0.628. The van der Waals surface area contributed by atoms with Crippen LogP contribution in [0, 0.1) is 0 Å². The minimum Gasteiger partial charge on any atom is -0.497 e. The van der Waals surface area contributed by atoms with Gasteiger partial charge in [-0.1, -0.05) is 30.3 Å². The molecule has 2 atom stereocenters. The lowest BCUT2D eigenvalue weighted by Crippen LogP contribution is -2.33. The maximum atomic E-state index is 11.6. The first kappa shape index (κ1) is 20.4. The first-order chi connectivity index (χ1) is 15.4. The highest BCUT2D eigenvalue weighted by molar-refractivity contribution is 7.92. The number of fused-ring (bicyclic) bond motifs is 3. The Morgan fingerprint density at radius 2 is 1.84 bits per heavy atom. The summed E-state index contributed by atoms with van der Waals surface area (Å²) in [6, 6.07) is 23.2. The van der Waals surface area contributed by atoms with Gasteiger partial charge in [0.2, 0.25) is 16.3 Å². The van der Waals surface area contributed by atoms with Gasteiger partial charge in [0.25, 0.3) is 0 Å². The Bertz CT molecular complexity index is 1290. The molecule has 2 unspecified atom stereocenters. The molecule has 3 aromatic carbocycles. The van der Waals surface area contributed by atoms with Crippen LogP contribution in [0.4, 0.5) is 5.69 Å². The van der Waals surface area contributed by atoms with Crippen molar-refractivity contribution in [1.82, 2.24) is 5.01 Å². The van der Waals surface area contributed by atoms with E-state index in [4.69, 9.17) is 14.6 Å². The van der Waals surface area contributed by atoms with Crippen molar-refractivity contribution in [3.05, 3.63) is 89.5 Å². The number of methoxy groups -OCH3 is 1. The summed E-state index contributed by atoms with van der Waals surface area (Å²) in [6.07, 6.45) is 1.45. The van der Waals surface area contributed by atoms with Gasteiger partial charge in [-0.05, 0) is 48.0 Å². The smallest absolute Gasteiger partial charge is 0.229 e. The van der Waals surface area contributed by atoms with E-state index in [1.165, 1.54) is 0 Å². The van der Waals surface area contributed by atoms with Gasteiger partial charge in [0, 0.05) is 23.2 Å². The van der Waals surface area contributed by atoms with E-state index >= 15 is 0 Å². The van der Waals surface area contributed by atoms with Crippen molar-refractivity contribution in [2.75, 3.05) is 18.1 Å². The molecule has 0 amide bonds. The first-order valence-corrected chi connectivity index (χ1v) is 12.1.